The van der Waals surface area contributed by atoms with Crippen LogP contribution in [0.3, 0.4) is 0 Å². The van der Waals surface area contributed by atoms with Gasteiger partial charge in [0.2, 0.25) is 0 Å². The molecule has 0 fully saturated rings. The van der Waals surface area contributed by atoms with E-state index in [0.717, 1.165) is 22.6 Å². The van der Waals surface area contributed by atoms with E-state index < -0.39 is 15.6 Å². The average molecular weight is 440 g/mol. The van der Waals surface area contributed by atoms with Gasteiger partial charge >= 0.3 is 15.6 Å². The summed E-state index contributed by atoms with van der Waals surface area (Å²) in [6.45, 7) is 0. The Labute approximate surface area is 164 Å². The van der Waals surface area contributed by atoms with Gasteiger partial charge in [-0.25, -0.2) is 0 Å². The van der Waals surface area contributed by atoms with Crippen molar-refractivity contribution in [2.75, 3.05) is 0 Å². The predicted molar refractivity (Wildman–Crippen MR) is 89.3 cm³/mol. The molecule has 0 amide bonds. The number of hydrogen-bond donors (Lipinski definition) is 1. The normalized spacial score (nSPS) is 11.0. The van der Waals surface area contributed by atoms with Gasteiger partial charge in [0, 0.05) is 22.7 Å². The van der Waals surface area contributed by atoms with Gasteiger partial charge in [0.25, 0.3) is 0 Å². The summed E-state index contributed by atoms with van der Waals surface area (Å²) < 4.78 is 57.5. The largest absolute Gasteiger partial charge is 0.522 e. The fraction of sp³-hybridized carbons (Fsp3) is 0.0588. The van der Waals surface area contributed by atoms with Crippen LogP contribution in [0.1, 0.15) is 0 Å². The van der Waals surface area contributed by atoms with Crippen molar-refractivity contribution in [1.82, 2.24) is 9.97 Å². The van der Waals surface area contributed by atoms with Gasteiger partial charge in [0.1, 0.15) is 0 Å². The van der Waals surface area contributed by atoms with Crippen LogP contribution < -0.4 is 0 Å². The van der Waals surface area contributed by atoms with E-state index in [2.05, 4.69) is 16.0 Å². The zero-order valence-electron chi connectivity index (χ0n) is 13.4. The molecule has 146 valence electrons. The Bertz CT molecular complexity index is 899. The van der Waals surface area contributed by atoms with E-state index in [-0.39, 0.29) is 16.5 Å². The summed E-state index contributed by atoms with van der Waals surface area (Å²) in [5.74, 6) is 0. The van der Waals surface area contributed by atoms with E-state index in [1.54, 1.807) is 6.20 Å². The molecule has 0 aliphatic carbocycles. The van der Waals surface area contributed by atoms with E-state index in [1.807, 2.05) is 60.7 Å². The van der Waals surface area contributed by atoms with E-state index in [9.17, 15) is 13.2 Å². The quantitative estimate of drug-likeness (QED) is 0.282. The third-order valence-corrected chi connectivity index (χ3v) is 3.54. The Kier molecular flexibility index (Phi) is 8.08. The van der Waals surface area contributed by atoms with Gasteiger partial charge in [-0.2, -0.15) is 21.6 Å². The Morgan fingerprint density at radius 2 is 1.48 bits per heavy atom. The first kappa shape index (κ1) is 22.8. The average Bonchev–Trinajstić information content (AvgIpc) is 2.62. The Balaban J connectivity index is 0.000000350. The van der Waals surface area contributed by atoms with Crippen molar-refractivity contribution in [2.24, 2.45) is 0 Å². The fourth-order valence-corrected chi connectivity index (χ4v) is 1.79. The molecule has 2 aromatic heterocycles. The molecule has 5 nitrogen and oxygen atoms in total. The second-order valence-corrected chi connectivity index (χ2v) is 6.23. The van der Waals surface area contributed by atoms with Crippen molar-refractivity contribution in [3.05, 3.63) is 72.9 Å². The molecule has 3 aromatic rings. The Morgan fingerprint density at radius 1 is 0.889 bits per heavy atom. The standard InChI is InChI=1S/C16H11N2.CHF3O3S.Ni/c1-2-7-13(8-3-1)14-10-6-11-16(18-14)15-9-4-5-12-17-15;2-1(3,4)8(5,6)7;/h1-7,9-12H;(H,5,6,7);/q-1;;. The van der Waals surface area contributed by atoms with Gasteiger partial charge in [0.05, 0.1) is 11.4 Å². The Morgan fingerprint density at radius 3 is 2.00 bits per heavy atom. The molecule has 0 radical (unpaired) electrons. The van der Waals surface area contributed by atoms with Gasteiger partial charge in [-0.3, -0.25) is 14.5 Å². The second-order valence-electron chi connectivity index (χ2n) is 4.82. The summed E-state index contributed by atoms with van der Waals surface area (Å²) in [5, 5.41) is 0. The van der Waals surface area contributed by atoms with Crippen LogP contribution in [0.4, 0.5) is 13.2 Å². The third-order valence-electron chi connectivity index (χ3n) is 2.95. The molecule has 2 heterocycles. The maximum absolute atomic E-state index is 10.7. The van der Waals surface area contributed by atoms with E-state index in [1.165, 1.54) is 0 Å². The fourth-order valence-electron chi connectivity index (χ4n) is 1.79. The van der Waals surface area contributed by atoms with Crippen molar-refractivity contribution in [2.45, 2.75) is 5.51 Å². The molecule has 0 atom stereocenters. The van der Waals surface area contributed by atoms with Crippen LogP contribution in [0.5, 0.6) is 0 Å². The third kappa shape index (κ3) is 6.74. The summed E-state index contributed by atoms with van der Waals surface area (Å²) >= 11 is 0. The topological polar surface area (TPSA) is 80.2 Å². The SMILES string of the molecule is O=S(=O)(O)C(F)(F)F.[Ni].[c-]1ccccc1-c1cccc(-c2ccccn2)n1. The second kappa shape index (κ2) is 9.59. The number of benzene rings is 1. The first-order valence-electron chi connectivity index (χ1n) is 7.08. The summed E-state index contributed by atoms with van der Waals surface area (Å²) in [4.78, 5) is 8.93. The molecule has 0 spiro atoms. The monoisotopic (exact) mass is 439 g/mol. The zero-order valence-corrected chi connectivity index (χ0v) is 15.2. The number of nitrogens with zero attached hydrogens (tertiary/aromatic N) is 2. The van der Waals surface area contributed by atoms with Crippen LogP contribution in [0.15, 0.2) is 66.9 Å². The van der Waals surface area contributed by atoms with Crippen LogP contribution in [0.2, 0.25) is 0 Å². The number of hydrogen-bond acceptors (Lipinski definition) is 4. The molecule has 0 saturated heterocycles. The number of aromatic nitrogens is 2. The molecule has 0 saturated carbocycles. The Hall–Kier alpha value is -2.29. The van der Waals surface area contributed by atoms with Crippen LogP contribution in [-0.2, 0) is 26.6 Å². The van der Waals surface area contributed by atoms with E-state index >= 15 is 0 Å². The molecule has 0 unspecified atom stereocenters. The van der Waals surface area contributed by atoms with Crippen LogP contribution in [0, 0.1) is 6.07 Å². The summed E-state index contributed by atoms with van der Waals surface area (Å²) in [6.07, 6.45) is 1.78. The molecule has 1 aromatic carbocycles. The summed E-state index contributed by atoms with van der Waals surface area (Å²) in [7, 11) is -5.84. The first-order valence-corrected chi connectivity index (χ1v) is 8.52. The maximum Gasteiger partial charge on any atom is 0.522 e. The van der Waals surface area contributed by atoms with Crippen LogP contribution in [-0.4, -0.2) is 28.4 Å². The molecule has 3 rings (SSSR count). The van der Waals surface area contributed by atoms with Gasteiger partial charge in [-0.15, -0.1) is 35.9 Å². The van der Waals surface area contributed by atoms with Gasteiger partial charge in [-0.1, -0.05) is 18.2 Å². The van der Waals surface area contributed by atoms with Crippen molar-refractivity contribution >= 4 is 10.1 Å². The molecule has 0 aliphatic heterocycles. The molecule has 0 bridgehead atoms. The minimum Gasteiger partial charge on any atom is -0.295 e. The molecule has 27 heavy (non-hydrogen) atoms. The minimum absolute atomic E-state index is 0. The van der Waals surface area contributed by atoms with Crippen LogP contribution in [0.25, 0.3) is 22.6 Å². The van der Waals surface area contributed by atoms with E-state index in [0.29, 0.717) is 0 Å². The number of halogens is 3. The molecule has 10 heteroatoms. The van der Waals surface area contributed by atoms with Crippen LogP contribution >= 0.6 is 0 Å². The van der Waals surface area contributed by atoms with Crippen molar-refractivity contribution in [1.29, 1.82) is 0 Å². The summed E-state index contributed by atoms with van der Waals surface area (Å²) in [6, 6.07) is 22.8. The minimum atomic E-state index is -5.84. The molecular formula is C17H12F3N2NiO3S-. The number of rotatable bonds is 2. The molecule has 0 aliphatic rings. The smallest absolute Gasteiger partial charge is 0.295 e. The predicted octanol–water partition coefficient (Wildman–Crippen LogP) is 4.00. The van der Waals surface area contributed by atoms with Gasteiger partial charge in [0.15, 0.2) is 0 Å². The van der Waals surface area contributed by atoms with Crippen molar-refractivity contribution < 1.29 is 42.6 Å². The van der Waals surface area contributed by atoms with Crippen molar-refractivity contribution in [3.8, 4) is 22.6 Å². The number of pyridine rings is 2. The van der Waals surface area contributed by atoms with Gasteiger partial charge in [-0.05, 0) is 23.9 Å². The van der Waals surface area contributed by atoms with E-state index in [4.69, 9.17) is 13.0 Å². The first-order chi connectivity index (χ1) is 12.2. The van der Waals surface area contributed by atoms with Crippen molar-refractivity contribution in [3.63, 3.8) is 0 Å². The maximum atomic E-state index is 10.7. The number of alkyl halides is 3. The van der Waals surface area contributed by atoms with Gasteiger partial charge < -0.3 is 0 Å². The zero-order chi connectivity index (χ0) is 19.2. The molecule has 1 N–H and O–H groups in total. The summed E-state index contributed by atoms with van der Waals surface area (Å²) in [5.41, 5.74) is -1.86. The molecular weight excluding hydrogens is 428 g/mol.